The van der Waals surface area contributed by atoms with E-state index >= 15 is 0 Å². The minimum absolute atomic E-state index is 0.0112. The Kier molecular flexibility index (Phi) is 4.66. The lowest BCUT2D eigenvalue weighted by atomic mass is 10.1. The van der Waals surface area contributed by atoms with Crippen molar-refractivity contribution < 1.29 is 9.53 Å². The molecule has 18 heavy (non-hydrogen) atoms. The lowest BCUT2D eigenvalue weighted by Gasteiger charge is -2.20. The van der Waals surface area contributed by atoms with Gasteiger partial charge in [0.15, 0.2) is 0 Å². The van der Waals surface area contributed by atoms with Gasteiger partial charge in [-0.25, -0.2) is 0 Å². The van der Waals surface area contributed by atoms with E-state index < -0.39 is 0 Å². The molecule has 0 saturated carbocycles. The molecule has 0 unspecified atom stereocenters. The predicted molar refractivity (Wildman–Crippen MR) is 74.1 cm³/mol. The Morgan fingerprint density at radius 2 is 2.28 bits per heavy atom. The van der Waals surface area contributed by atoms with Gasteiger partial charge in [0.05, 0.1) is 17.7 Å². The van der Waals surface area contributed by atoms with Gasteiger partial charge in [-0.15, -0.1) is 11.8 Å². The Bertz CT molecular complexity index is 416. The molecule has 1 fully saturated rings. The van der Waals surface area contributed by atoms with Gasteiger partial charge < -0.3 is 10.1 Å². The highest BCUT2D eigenvalue weighted by Crippen LogP contribution is 2.21. The monoisotopic (exact) mass is 265 g/mol. The Balaban J connectivity index is 2.02. The van der Waals surface area contributed by atoms with Gasteiger partial charge in [-0.2, -0.15) is 0 Å². The second-order valence-electron chi connectivity index (χ2n) is 4.51. The molecule has 0 bridgehead atoms. The summed E-state index contributed by atoms with van der Waals surface area (Å²) in [6.45, 7) is 2.82. The fourth-order valence-electron chi connectivity index (χ4n) is 2.21. The van der Waals surface area contributed by atoms with Crippen LogP contribution in [-0.4, -0.2) is 30.9 Å². The van der Waals surface area contributed by atoms with Crippen LogP contribution in [0.5, 0.6) is 0 Å². The third-order valence-electron chi connectivity index (χ3n) is 3.23. The normalized spacial score (nSPS) is 20.7. The van der Waals surface area contributed by atoms with Gasteiger partial charge in [-0.05, 0) is 38.2 Å². The third kappa shape index (κ3) is 3.06. The van der Waals surface area contributed by atoms with Crippen LogP contribution in [0.15, 0.2) is 29.2 Å². The molecule has 0 aromatic heterocycles. The fraction of sp³-hybridized carbons (Fsp3) is 0.500. The molecule has 3 nitrogen and oxygen atoms in total. The zero-order chi connectivity index (χ0) is 13.0. The molecule has 1 N–H and O–H groups in total. The first kappa shape index (κ1) is 13.4. The smallest absolute Gasteiger partial charge is 0.252 e. The summed E-state index contributed by atoms with van der Waals surface area (Å²) in [7, 11) is 0. The molecule has 4 heteroatoms. The van der Waals surface area contributed by atoms with E-state index in [0.717, 1.165) is 29.9 Å². The van der Waals surface area contributed by atoms with Crippen molar-refractivity contribution in [3.8, 4) is 0 Å². The number of nitrogens with one attached hydrogen (secondary N) is 1. The summed E-state index contributed by atoms with van der Waals surface area (Å²) in [6.07, 6.45) is 4.27. The maximum Gasteiger partial charge on any atom is 0.252 e. The third-order valence-corrected chi connectivity index (χ3v) is 4.03. The summed E-state index contributed by atoms with van der Waals surface area (Å²) in [5, 5.41) is 3.04. The highest BCUT2D eigenvalue weighted by Gasteiger charge is 2.24. The van der Waals surface area contributed by atoms with Crippen molar-refractivity contribution in [2.45, 2.75) is 36.8 Å². The van der Waals surface area contributed by atoms with Crippen molar-refractivity contribution in [1.29, 1.82) is 0 Å². The number of ether oxygens (including phenoxy) is 1. The van der Waals surface area contributed by atoms with Crippen LogP contribution < -0.4 is 5.32 Å². The number of carbonyl (C=O) groups excluding carboxylic acids is 1. The zero-order valence-corrected chi connectivity index (χ0v) is 11.6. The van der Waals surface area contributed by atoms with Gasteiger partial charge in [0.2, 0.25) is 0 Å². The lowest BCUT2D eigenvalue weighted by molar-refractivity contribution is 0.0710. The number of benzene rings is 1. The molecule has 2 rings (SSSR count). The van der Waals surface area contributed by atoms with Crippen LogP contribution in [-0.2, 0) is 4.74 Å². The van der Waals surface area contributed by atoms with Crippen molar-refractivity contribution in [1.82, 2.24) is 5.32 Å². The van der Waals surface area contributed by atoms with E-state index in [1.165, 1.54) is 0 Å². The zero-order valence-electron chi connectivity index (χ0n) is 10.8. The maximum atomic E-state index is 12.2. The first-order chi connectivity index (χ1) is 8.72. The van der Waals surface area contributed by atoms with E-state index in [0.29, 0.717) is 0 Å². The van der Waals surface area contributed by atoms with Gasteiger partial charge in [-0.1, -0.05) is 12.1 Å². The van der Waals surface area contributed by atoms with Crippen molar-refractivity contribution in [3.63, 3.8) is 0 Å². The topological polar surface area (TPSA) is 38.3 Å². The second-order valence-corrected chi connectivity index (χ2v) is 5.36. The molecule has 1 heterocycles. The van der Waals surface area contributed by atoms with Crippen LogP contribution in [0.3, 0.4) is 0 Å². The van der Waals surface area contributed by atoms with Crippen LogP contribution in [0.2, 0.25) is 0 Å². The number of rotatable bonds is 4. The van der Waals surface area contributed by atoms with Gasteiger partial charge >= 0.3 is 0 Å². The first-order valence-corrected chi connectivity index (χ1v) is 7.50. The van der Waals surface area contributed by atoms with Crippen LogP contribution >= 0.6 is 11.8 Å². The van der Waals surface area contributed by atoms with Crippen molar-refractivity contribution in [2.24, 2.45) is 0 Å². The number of amides is 1. The van der Waals surface area contributed by atoms with Crippen LogP contribution in [0.4, 0.5) is 0 Å². The SMILES string of the molecule is CSc1ccccc1C(=O)N[C@H](C)[C@H]1CCCO1. The molecule has 1 amide bonds. The molecule has 0 radical (unpaired) electrons. The van der Waals surface area contributed by atoms with Crippen molar-refractivity contribution >= 4 is 17.7 Å². The van der Waals surface area contributed by atoms with Crippen LogP contribution in [0, 0.1) is 0 Å². The molecule has 1 aromatic carbocycles. The molecule has 1 aliphatic heterocycles. The standard InChI is InChI=1S/C14H19NO2S/c1-10(12-7-5-9-17-12)15-14(16)11-6-3-4-8-13(11)18-2/h3-4,6,8,10,12H,5,7,9H2,1-2H3,(H,15,16)/t10-,12-/m1/s1. The number of carbonyl (C=O) groups is 1. The molecule has 0 aliphatic carbocycles. The minimum Gasteiger partial charge on any atom is -0.376 e. The van der Waals surface area contributed by atoms with Crippen molar-refractivity contribution in [2.75, 3.05) is 12.9 Å². The van der Waals surface area contributed by atoms with Crippen LogP contribution in [0.1, 0.15) is 30.1 Å². The average molecular weight is 265 g/mol. The highest BCUT2D eigenvalue weighted by molar-refractivity contribution is 7.98. The highest BCUT2D eigenvalue weighted by atomic mass is 32.2. The average Bonchev–Trinajstić information content (AvgIpc) is 2.92. The largest absolute Gasteiger partial charge is 0.376 e. The summed E-state index contributed by atoms with van der Waals surface area (Å²) >= 11 is 1.59. The summed E-state index contributed by atoms with van der Waals surface area (Å²) in [4.78, 5) is 13.2. The molecule has 1 aliphatic rings. The van der Waals surface area contributed by atoms with E-state index in [1.807, 2.05) is 37.4 Å². The number of hydrogen-bond donors (Lipinski definition) is 1. The minimum atomic E-state index is -0.0112. The molecular weight excluding hydrogens is 246 g/mol. The van der Waals surface area contributed by atoms with Crippen LogP contribution in [0.25, 0.3) is 0 Å². The van der Waals surface area contributed by atoms with Gasteiger partial charge in [-0.3, -0.25) is 4.79 Å². The van der Waals surface area contributed by atoms with E-state index in [4.69, 9.17) is 4.74 Å². The molecule has 98 valence electrons. The molecule has 1 saturated heterocycles. The summed E-state index contributed by atoms with van der Waals surface area (Å²) in [5.74, 6) is -0.0112. The van der Waals surface area contributed by atoms with Gasteiger partial charge in [0.25, 0.3) is 5.91 Å². The van der Waals surface area contributed by atoms with E-state index in [1.54, 1.807) is 11.8 Å². The van der Waals surface area contributed by atoms with Gasteiger partial charge in [0, 0.05) is 11.5 Å². The quantitative estimate of drug-likeness (QED) is 0.851. The van der Waals surface area contributed by atoms with E-state index in [-0.39, 0.29) is 18.1 Å². The Labute approximate surface area is 112 Å². The predicted octanol–water partition coefficient (Wildman–Crippen LogP) is 2.71. The summed E-state index contributed by atoms with van der Waals surface area (Å²) in [5.41, 5.74) is 0.745. The number of hydrogen-bond acceptors (Lipinski definition) is 3. The fourth-order valence-corrected chi connectivity index (χ4v) is 2.80. The summed E-state index contributed by atoms with van der Waals surface area (Å²) in [6, 6.07) is 7.74. The second kappa shape index (κ2) is 6.25. The van der Waals surface area contributed by atoms with E-state index in [2.05, 4.69) is 5.32 Å². The van der Waals surface area contributed by atoms with Gasteiger partial charge in [0.1, 0.15) is 0 Å². The summed E-state index contributed by atoms with van der Waals surface area (Å²) < 4.78 is 5.59. The molecular formula is C14H19NO2S. The number of thioether (sulfide) groups is 1. The Morgan fingerprint density at radius 1 is 1.50 bits per heavy atom. The maximum absolute atomic E-state index is 12.2. The first-order valence-electron chi connectivity index (χ1n) is 6.28. The molecule has 0 spiro atoms. The van der Waals surface area contributed by atoms with E-state index in [9.17, 15) is 4.79 Å². The Morgan fingerprint density at radius 3 is 2.94 bits per heavy atom. The molecule has 2 atom stereocenters. The molecule has 1 aromatic rings. The lowest BCUT2D eigenvalue weighted by Crippen LogP contribution is -2.41. The van der Waals surface area contributed by atoms with Crippen molar-refractivity contribution in [3.05, 3.63) is 29.8 Å². The Hall–Kier alpha value is -1.00.